The highest BCUT2D eigenvalue weighted by Crippen LogP contribution is 2.43. The number of carbonyl (C=O) groups excluding carboxylic acids is 1. The first-order valence-corrected chi connectivity index (χ1v) is 23.0. The summed E-state index contributed by atoms with van der Waals surface area (Å²) in [6, 6.07) is 0. The van der Waals surface area contributed by atoms with Crippen molar-refractivity contribution in [3.8, 4) is 0 Å². The minimum atomic E-state index is -4.30. The lowest BCUT2D eigenvalue weighted by Gasteiger charge is -2.24. The highest BCUT2D eigenvalue weighted by atomic mass is 31.2. The molecule has 9 nitrogen and oxygen atoms in total. The Morgan fingerprint density at radius 2 is 1.27 bits per heavy atom. The van der Waals surface area contributed by atoms with Gasteiger partial charge in [-0.3, -0.25) is 13.8 Å². The van der Waals surface area contributed by atoms with Crippen molar-refractivity contribution in [1.29, 1.82) is 0 Å². The third-order valence-electron chi connectivity index (χ3n) is 8.61. The van der Waals surface area contributed by atoms with Crippen LogP contribution in [0.3, 0.4) is 0 Å². The van der Waals surface area contributed by atoms with Gasteiger partial charge in [-0.1, -0.05) is 132 Å². The number of esters is 1. The molecule has 322 valence electrons. The zero-order valence-corrected chi connectivity index (χ0v) is 36.8. The number of aliphatic hydroxyl groups excluding tert-OH is 1. The lowest BCUT2D eigenvalue weighted by atomic mass is 10.1. The minimum absolute atomic E-state index is 0.0651. The highest BCUT2D eigenvalue weighted by Gasteiger charge is 2.25. The third kappa shape index (κ3) is 41.1. The Bertz CT molecular complexity index is 1180. The number of hydrogen-bond acceptors (Lipinski definition) is 7. The van der Waals surface area contributed by atoms with Crippen LogP contribution in [0, 0.1) is 0 Å². The molecule has 0 aromatic rings. The number of aliphatic hydroxyl groups is 1. The lowest BCUT2D eigenvalue weighted by Crippen LogP contribution is -2.37. The number of carbonyl (C=O) groups is 1. The fourth-order valence-corrected chi connectivity index (χ4v) is 5.92. The second kappa shape index (κ2) is 38.0. The van der Waals surface area contributed by atoms with Gasteiger partial charge < -0.3 is 24.0 Å². The minimum Gasteiger partial charge on any atom is -0.492 e. The monoisotopic (exact) mass is 807 g/mol. The van der Waals surface area contributed by atoms with Gasteiger partial charge in [0.15, 0.2) is 6.10 Å². The van der Waals surface area contributed by atoms with E-state index in [1.165, 1.54) is 64.2 Å². The Kier molecular flexibility index (Phi) is 36.3. The van der Waals surface area contributed by atoms with Crippen molar-refractivity contribution in [2.45, 2.75) is 154 Å². The van der Waals surface area contributed by atoms with E-state index >= 15 is 0 Å². The van der Waals surface area contributed by atoms with Gasteiger partial charge in [0.05, 0.1) is 40.1 Å². The number of likely N-dealkylation sites (N-methyl/N-ethyl adjacent to an activating group) is 1. The van der Waals surface area contributed by atoms with Crippen molar-refractivity contribution in [2.75, 3.05) is 47.5 Å². The summed E-state index contributed by atoms with van der Waals surface area (Å²) in [6.07, 6.45) is 47.5. The number of phosphoric ester groups is 1. The van der Waals surface area contributed by atoms with E-state index in [0.29, 0.717) is 23.9 Å². The average molecular weight is 807 g/mol. The van der Waals surface area contributed by atoms with Crippen LogP contribution in [-0.2, 0) is 27.9 Å². The Labute approximate surface area is 342 Å². The summed E-state index contributed by atoms with van der Waals surface area (Å²) < 4.78 is 34.6. The molecule has 0 rings (SSSR count). The van der Waals surface area contributed by atoms with E-state index in [1.807, 2.05) is 63.7 Å². The number of rotatable bonds is 38. The smallest absolute Gasteiger partial charge is 0.472 e. The fourth-order valence-electron chi connectivity index (χ4n) is 5.18. The second-order valence-electron chi connectivity index (χ2n) is 15.2. The van der Waals surface area contributed by atoms with Gasteiger partial charge in [-0.15, -0.1) is 0 Å². The zero-order chi connectivity index (χ0) is 41.4. The molecule has 0 saturated heterocycles. The number of quaternary nitrogens is 1. The molecule has 0 spiro atoms. The number of unbranched alkanes of at least 4 members (excludes halogenated alkanes) is 12. The highest BCUT2D eigenvalue weighted by molar-refractivity contribution is 7.47. The third-order valence-corrected chi connectivity index (χ3v) is 9.59. The Balaban J connectivity index is 4.49. The Morgan fingerprint density at radius 1 is 0.679 bits per heavy atom. The average Bonchev–Trinajstić information content (AvgIpc) is 3.15. The molecular formula is C46H81NO8P+. The SMILES string of the molecule is CC/C=C\C/C=C\CC(O)/C=C/C=C\C/C=C\CCCC(=O)OC[C@H](COP(=O)(O)OCC[N+](C)(C)C)O/C=C/CCCCCCCC/C=C\CCCCCC. The van der Waals surface area contributed by atoms with Crippen LogP contribution in [-0.4, -0.2) is 80.2 Å². The molecule has 0 fully saturated rings. The first kappa shape index (κ1) is 53.5. The van der Waals surface area contributed by atoms with Crippen LogP contribution in [0.25, 0.3) is 0 Å². The number of ether oxygens (including phenoxy) is 2. The number of phosphoric acid groups is 1. The van der Waals surface area contributed by atoms with Crippen molar-refractivity contribution < 1.29 is 42.4 Å². The molecule has 0 aromatic carbocycles. The molecule has 56 heavy (non-hydrogen) atoms. The summed E-state index contributed by atoms with van der Waals surface area (Å²) in [5.41, 5.74) is 0. The molecule has 3 atom stereocenters. The molecular weight excluding hydrogens is 725 g/mol. The summed E-state index contributed by atoms with van der Waals surface area (Å²) in [4.78, 5) is 22.6. The molecule has 2 unspecified atom stereocenters. The number of allylic oxidation sites excluding steroid dienone is 11. The van der Waals surface area contributed by atoms with Crippen LogP contribution in [0.15, 0.2) is 85.3 Å². The first-order chi connectivity index (χ1) is 27.0. The summed E-state index contributed by atoms with van der Waals surface area (Å²) in [6.45, 7) is 4.59. The molecule has 0 aliphatic heterocycles. The fraction of sp³-hybridized carbons (Fsp3) is 0.674. The molecule has 0 aliphatic carbocycles. The van der Waals surface area contributed by atoms with Crippen molar-refractivity contribution in [3.05, 3.63) is 85.3 Å². The van der Waals surface area contributed by atoms with Gasteiger partial charge in [0.1, 0.15) is 19.8 Å². The first-order valence-electron chi connectivity index (χ1n) is 21.5. The molecule has 0 aromatic heterocycles. The Hall–Kier alpha value is -2.52. The van der Waals surface area contributed by atoms with E-state index in [4.69, 9.17) is 18.5 Å². The Morgan fingerprint density at radius 3 is 1.95 bits per heavy atom. The topological polar surface area (TPSA) is 112 Å². The van der Waals surface area contributed by atoms with Crippen molar-refractivity contribution in [3.63, 3.8) is 0 Å². The van der Waals surface area contributed by atoms with Crippen LogP contribution < -0.4 is 0 Å². The van der Waals surface area contributed by atoms with Gasteiger partial charge in [0.2, 0.25) is 0 Å². The molecule has 0 amide bonds. The number of hydrogen-bond donors (Lipinski definition) is 2. The van der Waals surface area contributed by atoms with E-state index in [9.17, 15) is 19.4 Å². The molecule has 10 heteroatoms. The largest absolute Gasteiger partial charge is 0.492 e. The van der Waals surface area contributed by atoms with Gasteiger partial charge in [-0.2, -0.15) is 0 Å². The maximum atomic E-state index is 12.5. The molecule has 0 radical (unpaired) electrons. The van der Waals surface area contributed by atoms with Gasteiger partial charge in [-0.25, -0.2) is 4.57 Å². The molecule has 0 saturated carbocycles. The zero-order valence-electron chi connectivity index (χ0n) is 35.9. The number of nitrogens with zero attached hydrogens (tertiary/aromatic N) is 1. The van der Waals surface area contributed by atoms with Gasteiger partial charge >= 0.3 is 13.8 Å². The molecule has 2 N–H and O–H groups in total. The summed E-state index contributed by atoms with van der Waals surface area (Å²) in [7, 11) is 1.59. The second-order valence-corrected chi connectivity index (χ2v) is 16.7. The normalized spacial score (nSPS) is 15.1. The van der Waals surface area contributed by atoms with Gasteiger partial charge in [0.25, 0.3) is 0 Å². The maximum absolute atomic E-state index is 12.5. The van der Waals surface area contributed by atoms with Crippen molar-refractivity contribution >= 4 is 13.8 Å². The summed E-state index contributed by atoms with van der Waals surface area (Å²) in [5.74, 6) is -0.364. The van der Waals surface area contributed by atoms with Crippen LogP contribution in [0.4, 0.5) is 0 Å². The van der Waals surface area contributed by atoms with Crippen molar-refractivity contribution in [2.24, 2.45) is 0 Å². The predicted octanol–water partition coefficient (Wildman–Crippen LogP) is 11.8. The van der Waals surface area contributed by atoms with Crippen LogP contribution in [0.1, 0.15) is 142 Å². The van der Waals surface area contributed by atoms with Crippen molar-refractivity contribution in [1.82, 2.24) is 0 Å². The summed E-state index contributed by atoms with van der Waals surface area (Å²) >= 11 is 0. The van der Waals surface area contributed by atoms with E-state index in [-0.39, 0.29) is 32.2 Å². The standard InChI is InChI=1S/C46H80NO8P/c1-6-8-10-12-14-15-16-17-18-19-20-21-24-27-31-35-40-52-45(43-55-56(50,51)54-41-39-47(3,4)5)42-53-46(49)38-34-30-26-23-22-25-29-33-37-44(48)36-32-28-13-11-9-7-2/h9,11,15-16,23,25-26,28-29,32-33,35,37,40,44-45,48H,6-8,10,12-14,17-22,24,27,30-31,34,36,38-39,41-43H2,1-5H3/p+1/b11-9-,16-15-,26-23-,29-25-,32-28-,37-33+,40-35+/t44?,45-/m1/s1. The quantitative estimate of drug-likeness (QED) is 0.0121. The predicted molar refractivity (Wildman–Crippen MR) is 234 cm³/mol. The maximum Gasteiger partial charge on any atom is 0.472 e. The molecule has 0 aliphatic rings. The van der Waals surface area contributed by atoms with E-state index in [2.05, 4.69) is 44.2 Å². The van der Waals surface area contributed by atoms with Gasteiger partial charge in [0, 0.05) is 6.42 Å². The molecule has 0 bridgehead atoms. The van der Waals surface area contributed by atoms with E-state index in [1.54, 1.807) is 12.3 Å². The molecule has 0 heterocycles. The van der Waals surface area contributed by atoms with E-state index in [0.717, 1.165) is 44.9 Å². The van der Waals surface area contributed by atoms with Crippen LogP contribution >= 0.6 is 7.82 Å². The summed E-state index contributed by atoms with van der Waals surface area (Å²) in [5, 5.41) is 10.0. The lowest BCUT2D eigenvalue weighted by molar-refractivity contribution is -0.870. The van der Waals surface area contributed by atoms with E-state index < -0.39 is 20.0 Å². The van der Waals surface area contributed by atoms with Crippen LogP contribution in [0.5, 0.6) is 0 Å². The van der Waals surface area contributed by atoms with Crippen LogP contribution in [0.2, 0.25) is 0 Å². The van der Waals surface area contributed by atoms with Gasteiger partial charge in [-0.05, 0) is 83.1 Å².